The summed E-state index contributed by atoms with van der Waals surface area (Å²) < 4.78 is 4.90. The van der Waals surface area contributed by atoms with Crippen LogP contribution in [0.3, 0.4) is 0 Å². The van der Waals surface area contributed by atoms with Gasteiger partial charge in [-0.25, -0.2) is 9.59 Å². The molecule has 2 unspecified atom stereocenters. The number of carbonyl (C=O) groups excluding carboxylic acids is 1. The van der Waals surface area contributed by atoms with Crippen LogP contribution in [0.2, 0.25) is 0 Å². The molecule has 1 rings (SSSR count). The maximum absolute atomic E-state index is 12.1. The first-order valence-corrected chi connectivity index (χ1v) is 7.43. The Balaban J connectivity index is 2.62. The molecule has 0 aliphatic carbocycles. The van der Waals surface area contributed by atoms with E-state index in [0.717, 1.165) is 0 Å². The number of nitrogens with zero attached hydrogens (tertiary/aromatic N) is 1. The first-order valence-electron chi connectivity index (χ1n) is 6.38. The van der Waals surface area contributed by atoms with Crippen molar-refractivity contribution in [3.63, 3.8) is 0 Å². The minimum absolute atomic E-state index is 0.0801. The molecule has 1 heterocycles. The molecule has 0 aromatic carbocycles. The van der Waals surface area contributed by atoms with Gasteiger partial charge in [-0.05, 0) is 12.3 Å². The minimum atomic E-state index is -0.942. The first-order chi connectivity index (χ1) is 8.99. The second-order valence-electron chi connectivity index (χ2n) is 4.81. The van der Waals surface area contributed by atoms with Crippen molar-refractivity contribution in [3.8, 4) is 0 Å². The zero-order chi connectivity index (χ0) is 14.4. The summed E-state index contributed by atoms with van der Waals surface area (Å²) in [6, 6.07) is -1.04. The van der Waals surface area contributed by atoms with Gasteiger partial charge in [0.1, 0.15) is 6.04 Å². The summed E-state index contributed by atoms with van der Waals surface area (Å²) in [6.07, 6.45) is 0.716. The lowest BCUT2D eigenvalue weighted by atomic mass is 10.2. The van der Waals surface area contributed by atoms with Crippen LogP contribution in [0.5, 0.6) is 0 Å². The smallest absolute Gasteiger partial charge is 0.327 e. The van der Waals surface area contributed by atoms with Gasteiger partial charge in [0.05, 0.1) is 5.37 Å². The standard InChI is InChI=1S/C12H22N2O4S/c1-8(2)10-14(9(7-19-10)11(15)16)12(17)13-5-4-6-18-3/h8-10H,4-7H2,1-3H3,(H,13,17)(H,15,16). The van der Waals surface area contributed by atoms with E-state index >= 15 is 0 Å². The van der Waals surface area contributed by atoms with E-state index in [9.17, 15) is 14.7 Å². The molecule has 7 heteroatoms. The highest BCUT2D eigenvalue weighted by Crippen LogP contribution is 2.33. The second-order valence-corrected chi connectivity index (χ2v) is 5.96. The summed E-state index contributed by atoms with van der Waals surface area (Å²) in [5.74, 6) is -0.272. The van der Waals surface area contributed by atoms with Crippen LogP contribution in [0.25, 0.3) is 0 Å². The highest BCUT2D eigenvalue weighted by Gasteiger charge is 2.42. The Hall–Kier alpha value is -0.950. The predicted molar refractivity (Wildman–Crippen MR) is 74.2 cm³/mol. The van der Waals surface area contributed by atoms with E-state index in [1.165, 1.54) is 16.7 Å². The molecule has 1 aliphatic heterocycles. The lowest BCUT2D eigenvalue weighted by Crippen LogP contribution is -2.51. The number of thioether (sulfide) groups is 1. The molecule has 0 radical (unpaired) electrons. The van der Waals surface area contributed by atoms with E-state index in [4.69, 9.17) is 4.74 Å². The van der Waals surface area contributed by atoms with Crippen LogP contribution in [0.4, 0.5) is 4.79 Å². The number of amides is 2. The van der Waals surface area contributed by atoms with Gasteiger partial charge in [-0.15, -0.1) is 11.8 Å². The second kappa shape index (κ2) is 7.59. The molecular weight excluding hydrogens is 268 g/mol. The molecule has 1 aliphatic rings. The van der Waals surface area contributed by atoms with Gasteiger partial charge in [-0.3, -0.25) is 4.90 Å². The Bertz CT molecular complexity index is 325. The summed E-state index contributed by atoms with van der Waals surface area (Å²) in [6.45, 7) is 5.05. The third kappa shape index (κ3) is 4.28. The molecule has 2 N–H and O–H groups in total. The third-order valence-corrected chi connectivity index (χ3v) is 4.55. The Labute approximate surface area is 117 Å². The summed E-state index contributed by atoms with van der Waals surface area (Å²) in [7, 11) is 1.61. The number of hydrogen-bond acceptors (Lipinski definition) is 4. The molecule has 0 aromatic rings. The van der Waals surface area contributed by atoms with Crippen molar-refractivity contribution < 1.29 is 19.4 Å². The average molecular weight is 290 g/mol. The van der Waals surface area contributed by atoms with E-state index in [1.54, 1.807) is 7.11 Å². The van der Waals surface area contributed by atoms with E-state index in [1.807, 2.05) is 13.8 Å². The van der Waals surface area contributed by atoms with Crippen molar-refractivity contribution in [2.75, 3.05) is 26.0 Å². The Morgan fingerprint density at radius 2 is 2.21 bits per heavy atom. The molecule has 1 fully saturated rings. The number of aliphatic carboxylic acids is 1. The van der Waals surface area contributed by atoms with Gasteiger partial charge >= 0.3 is 12.0 Å². The van der Waals surface area contributed by atoms with Gasteiger partial charge in [0.25, 0.3) is 0 Å². The van der Waals surface area contributed by atoms with Crippen LogP contribution in [0.1, 0.15) is 20.3 Å². The van der Waals surface area contributed by atoms with Gasteiger partial charge in [0.2, 0.25) is 0 Å². The monoisotopic (exact) mass is 290 g/mol. The van der Waals surface area contributed by atoms with Crippen LogP contribution in [-0.4, -0.2) is 59.4 Å². The Kier molecular flexibility index (Phi) is 6.44. The topological polar surface area (TPSA) is 78.9 Å². The summed E-state index contributed by atoms with van der Waals surface area (Å²) in [5, 5.41) is 11.9. The number of carboxylic acids is 1. The van der Waals surface area contributed by atoms with Crippen molar-refractivity contribution in [3.05, 3.63) is 0 Å². The quantitative estimate of drug-likeness (QED) is 0.719. The van der Waals surface area contributed by atoms with Gasteiger partial charge < -0.3 is 15.2 Å². The maximum Gasteiger partial charge on any atom is 0.327 e. The van der Waals surface area contributed by atoms with Gasteiger partial charge in [0, 0.05) is 26.0 Å². The predicted octanol–water partition coefficient (Wildman–Crippen LogP) is 1.22. The number of ether oxygens (including phenoxy) is 1. The average Bonchev–Trinajstić information content (AvgIpc) is 2.79. The van der Waals surface area contributed by atoms with Crippen molar-refractivity contribution >= 4 is 23.8 Å². The van der Waals surface area contributed by atoms with Crippen LogP contribution in [0.15, 0.2) is 0 Å². The molecular formula is C12H22N2O4S. The largest absolute Gasteiger partial charge is 0.480 e. The molecule has 2 amide bonds. The number of nitrogens with one attached hydrogen (secondary N) is 1. The molecule has 2 atom stereocenters. The molecule has 0 spiro atoms. The zero-order valence-corrected chi connectivity index (χ0v) is 12.4. The van der Waals surface area contributed by atoms with Crippen LogP contribution >= 0.6 is 11.8 Å². The molecule has 110 valence electrons. The fourth-order valence-corrected chi connectivity index (χ4v) is 3.46. The molecule has 0 bridgehead atoms. The lowest BCUT2D eigenvalue weighted by Gasteiger charge is -2.29. The van der Waals surface area contributed by atoms with E-state index in [0.29, 0.717) is 25.3 Å². The van der Waals surface area contributed by atoms with Gasteiger partial charge in [-0.1, -0.05) is 13.8 Å². The maximum atomic E-state index is 12.1. The summed E-state index contributed by atoms with van der Waals surface area (Å²) in [5.41, 5.74) is 0. The molecule has 1 saturated heterocycles. The highest BCUT2D eigenvalue weighted by atomic mass is 32.2. The van der Waals surface area contributed by atoms with Crippen molar-refractivity contribution in [1.29, 1.82) is 0 Å². The van der Waals surface area contributed by atoms with E-state index in [2.05, 4.69) is 5.32 Å². The number of methoxy groups -OCH3 is 1. The Morgan fingerprint density at radius 1 is 1.53 bits per heavy atom. The highest BCUT2D eigenvalue weighted by molar-refractivity contribution is 8.00. The number of hydrogen-bond donors (Lipinski definition) is 2. The fourth-order valence-electron chi connectivity index (χ4n) is 1.99. The number of urea groups is 1. The van der Waals surface area contributed by atoms with Crippen LogP contribution in [-0.2, 0) is 9.53 Å². The van der Waals surface area contributed by atoms with Crippen molar-refractivity contribution in [2.45, 2.75) is 31.7 Å². The van der Waals surface area contributed by atoms with Crippen molar-refractivity contribution in [1.82, 2.24) is 10.2 Å². The summed E-state index contributed by atoms with van der Waals surface area (Å²) >= 11 is 1.53. The van der Waals surface area contributed by atoms with Crippen LogP contribution < -0.4 is 5.32 Å². The number of carbonyl (C=O) groups is 2. The van der Waals surface area contributed by atoms with E-state index in [-0.39, 0.29) is 17.3 Å². The number of rotatable bonds is 6. The number of carboxylic acid groups (broad SMARTS) is 1. The lowest BCUT2D eigenvalue weighted by molar-refractivity contribution is -0.141. The fraction of sp³-hybridized carbons (Fsp3) is 0.833. The molecule has 0 saturated carbocycles. The SMILES string of the molecule is COCCCNC(=O)N1C(C(=O)O)CSC1C(C)C. The summed E-state index contributed by atoms with van der Waals surface area (Å²) in [4.78, 5) is 24.8. The molecule has 0 aromatic heterocycles. The molecule has 19 heavy (non-hydrogen) atoms. The first kappa shape index (κ1) is 16.1. The normalized spacial score (nSPS) is 22.8. The minimum Gasteiger partial charge on any atom is -0.480 e. The van der Waals surface area contributed by atoms with Gasteiger partial charge in [-0.2, -0.15) is 0 Å². The van der Waals surface area contributed by atoms with Gasteiger partial charge in [0.15, 0.2) is 0 Å². The third-order valence-electron chi connectivity index (χ3n) is 2.93. The molecule has 6 nitrogen and oxygen atoms in total. The van der Waals surface area contributed by atoms with Crippen LogP contribution in [0, 0.1) is 5.92 Å². The Morgan fingerprint density at radius 3 is 2.74 bits per heavy atom. The van der Waals surface area contributed by atoms with Crippen molar-refractivity contribution in [2.24, 2.45) is 5.92 Å². The van der Waals surface area contributed by atoms with E-state index < -0.39 is 12.0 Å². The zero-order valence-electron chi connectivity index (χ0n) is 11.6.